The van der Waals surface area contributed by atoms with Crippen LogP contribution in [0.25, 0.3) is 0 Å². The molecule has 1 aliphatic heterocycles. The van der Waals surface area contributed by atoms with Gasteiger partial charge in [-0.2, -0.15) is 0 Å². The predicted octanol–water partition coefficient (Wildman–Crippen LogP) is 1.59. The normalized spacial score (nSPS) is 16.9. The van der Waals surface area contributed by atoms with E-state index < -0.39 is 0 Å². The summed E-state index contributed by atoms with van der Waals surface area (Å²) >= 11 is 0. The van der Waals surface area contributed by atoms with Crippen LogP contribution >= 0.6 is 0 Å². The maximum Gasteiger partial charge on any atom is 0.219 e. The monoisotopic (exact) mass is 289 g/mol. The number of rotatable bonds is 5. The lowest BCUT2D eigenvalue weighted by Crippen LogP contribution is -2.48. The van der Waals surface area contributed by atoms with Crippen LogP contribution in [0.15, 0.2) is 24.3 Å². The summed E-state index contributed by atoms with van der Waals surface area (Å²) in [6.45, 7) is 11.0. The fraction of sp³-hybridized carbons (Fsp3) is 0.588. The highest BCUT2D eigenvalue weighted by atomic mass is 16.2. The first-order valence-electron chi connectivity index (χ1n) is 7.76. The molecule has 1 amide bonds. The third kappa shape index (κ3) is 5.14. The average Bonchev–Trinajstić information content (AvgIpc) is 2.46. The van der Waals surface area contributed by atoms with Crippen molar-refractivity contribution in [3.63, 3.8) is 0 Å². The van der Waals surface area contributed by atoms with E-state index in [1.54, 1.807) is 11.8 Å². The zero-order valence-corrected chi connectivity index (χ0v) is 13.5. The maximum absolute atomic E-state index is 11.2. The first-order valence-corrected chi connectivity index (χ1v) is 7.76. The number of hydrogen-bond donors (Lipinski definition) is 0. The van der Waals surface area contributed by atoms with Gasteiger partial charge in [-0.3, -0.25) is 14.6 Å². The molecule has 1 aromatic carbocycles. The molecule has 0 aliphatic carbocycles. The van der Waals surface area contributed by atoms with Gasteiger partial charge < -0.3 is 4.90 Å². The van der Waals surface area contributed by atoms with Crippen molar-refractivity contribution in [1.82, 2.24) is 14.7 Å². The third-order valence-corrected chi connectivity index (χ3v) is 4.24. The van der Waals surface area contributed by atoms with Crippen molar-refractivity contribution in [3.8, 4) is 0 Å². The molecule has 2 rings (SSSR count). The number of aryl methyl sites for hydroxylation is 1. The lowest BCUT2D eigenvalue weighted by atomic mass is 10.1. The Morgan fingerprint density at radius 1 is 1.19 bits per heavy atom. The van der Waals surface area contributed by atoms with Crippen LogP contribution in [-0.4, -0.2) is 66.9 Å². The minimum Gasteiger partial charge on any atom is -0.345 e. The Kier molecular flexibility index (Phi) is 5.76. The molecular weight excluding hydrogens is 262 g/mol. The van der Waals surface area contributed by atoms with Gasteiger partial charge >= 0.3 is 0 Å². The fourth-order valence-corrected chi connectivity index (χ4v) is 2.69. The minimum atomic E-state index is 0.146. The van der Waals surface area contributed by atoms with Crippen molar-refractivity contribution in [3.05, 3.63) is 35.4 Å². The summed E-state index contributed by atoms with van der Waals surface area (Å²) in [4.78, 5) is 18.0. The number of carbonyl (C=O) groups is 1. The summed E-state index contributed by atoms with van der Waals surface area (Å²) in [6, 6.07) is 8.76. The van der Waals surface area contributed by atoms with Crippen LogP contribution in [0.4, 0.5) is 0 Å². The predicted molar refractivity (Wildman–Crippen MR) is 86.2 cm³/mol. The van der Waals surface area contributed by atoms with E-state index in [0.29, 0.717) is 0 Å². The number of piperazine rings is 1. The smallest absolute Gasteiger partial charge is 0.219 e. The summed E-state index contributed by atoms with van der Waals surface area (Å²) in [5, 5.41) is 0. The second-order valence-corrected chi connectivity index (χ2v) is 6.05. The van der Waals surface area contributed by atoms with Gasteiger partial charge in [0.1, 0.15) is 0 Å². The second-order valence-electron chi connectivity index (χ2n) is 6.05. The van der Waals surface area contributed by atoms with Crippen LogP contribution in [0.5, 0.6) is 0 Å². The van der Waals surface area contributed by atoms with Gasteiger partial charge in [0.2, 0.25) is 5.91 Å². The summed E-state index contributed by atoms with van der Waals surface area (Å²) in [6.07, 6.45) is 0. The number of nitrogens with zero attached hydrogens (tertiary/aromatic N) is 3. The van der Waals surface area contributed by atoms with Crippen molar-refractivity contribution >= 4 is 5.91 Å². The molecule has 1 aromatic rings. The number of carbonyl (C=O) groups excluding carboxylic acids is 1. The van der Waals surface area contributed by atoms with E-state index >= 15 is 0 Å². The Labute approximate surface area is 128 Å². The highest BCUT2D eigenvalue weighted by Crippen LogP contribution is 2.10. The summed E-state index contributed by atoms with van der Waals surface area (Å²) < 4.78 is 0. The van der Waals surface area contributed by atoms with Gasteiger partial charge in [0.25, 0.3) is 0 Å². The van der Waals surface area contributed by atoms with Crippen molar-refractivity contribution < 1.29 is 4.79 Å². The van der Waals surface area contributed by atoms with Crippen molar-refractivity contribution in [2.75, 3.05) is 46.3 Å². The largest absolute Gasteiger partial charge is 0.345 e. The topological polar surface area (TPSA) is 26.8 Å². The van der Waals surface area contributed by atoms with Gasteiger partial charge in [-0.25, -0.2) is 0 Å². The molecule has 21 heavy (non-hydrogen) atoms. The Morgan fingerprint density at radius 3 is 2.48 bits per heavy atom. The molecule has 0 spiro atoms. The van der Waals surface area contributed by atoms with Crippen molar-refractivity contribution in [2.24, 2.45) is 0 Å². The van der Waals surface area contributed by atoms with E-state index in [0.717, 1.165) is 45.8 Å². The molecule has 1 heterocycles. The van der Waals surface area contributed by atoms with Crippen LogP contribution < -0.4 is 0 Å². The van der Waals surface area contributed by atoms with E-state index in [1.807, 2.05) is 7.05 Å². The first kappa shape index (κ1) is 16.0. The molecule has 1 fully saturated rings. The second kappa shape index (κ2) is 7.57. The molecule has 0 saturated carbocycles. The fourth-order valence-electron chi connectivity index (χ4n) is 2.69. The molecule has 0 radical (unpaired) electrons. The zero-order valence-electron chi connectivity index (χ0n) is 13.5. The molecule has 1 aliphatic rings. The van der Waals surface area contributed by atoms with Crippen LogP contribution in [0.2, 0.25) is 0 Å². The molecule has 0 bridgehead atoms. The molecule has 4 nitrogen and oxygen atoms in total. The van der Waals surface area contributed by atoms with E-state index in [1.165, 1.54) is 11.1 Å². The number of benzene rings is 1. The van der Waals surface area contributed by atoms with Crippen LogP contribution in [0.1, 0.15) is 18.1 Å². The van der Waals surface area contributed by atoms with E-state index in [9.17, 15) is 4.79 Å². The van der Waals surface area contributed by atoms with Gasteiger partial charge in [-0.1, -0.05) is 29.8 Å². The standard InChI is InChI=1S/C17H27N3O/c1-15-5-4-6-17(13-15)14-20-11-9-19(10-12-20)8-7-18(3)16(2)21/h4-6,13H,7-12,14H2,1-3H3. The molecule has 0 aromatic heterocycles. The Bertz CT molecular complexity index is 467. The summed E-state index contributed by atoms with van der Waals surface area (Å²) in [5.74, 6) is 0.146. The summed E-state index contributed by atoms with van der Waals surface area (Å²) in [5.41, 5.74) is 2.73. The first-order chi connectivity index (χ1) is 10.0. The number of hydrogen-bond acceptors (Lipinski definition) is 3. The highest BCUT2D eigenvalue weighted by molar-refractivity contribution is 5.72. The van der Waals surface area contributed by atoms with Crippen LogP contribution in [-0.2, 0) is 11.3 Å². The van der Waals surface area contributed by atoms with Gasteiger partial charge in [0, 0.05) is 59.8 Å². The highest BCUT2D eigenvalue weighted by Gasteiger charge is 2.17. The van der Waals surface area contributed by atoms with Crippen LogP contribution in [0.3, 0.4) is 0 Å². The summed E-state index contributed by atoms with van der Waals surface area (Å²) in [7, 11) is 1.87. The third-order valence-electron chi connectivity index (χ3n) is 4.24. The molecule has 4 heteroatoms. The van der Waals surface area contributed by atoms with Gasteiger partial charge in [0.15, 0.2) is 0 Å². The molecule has 116 valence electrons. The van der Waals surface area contributed by atoms with Gasteiger partial charge in [-0.15, -0.1) is 0 Å². The van der Waals surface area contributed by atoms with Gasteiger partial charge in [0.05, 0.1) is 0 Å². The quantitative estimate of drug-likeness (QED) is 0.823. The minimum absolute atomic E-state index is 0.146. The van der Waals surface area contributed by atoms with Crippen molar-refractivity contribution in [1.29, 1.82) is 0 Å². The number of likely N-dealkylation sites (N-methyl/N-ethyl adjacent to an activating group) is 1. The maximum atomic E-state index is 11.2. The molecule has 0 N–H and O–H groups in total. The Morgan fingerprint density at radius 2 is 1.86 bits per heavy atom. The van der Waals surface area contributed by atoms with Crippen LogP contribution in [0, 0.1) is 6.92 Å². The van der Waals surface area contributed by atoms with Gasteiger partial charge in [-0.05, 0) is 12.5 Å². The lowest BCUT2D eigenvalue weighted by molar-refractivity contribution is -0.127. The SMILES string of the molecule is CC(=O)N(C)CCN1CCN(Cc2cccc(C)c2)CC1. The zero-order chi connectivity index (χ0) is 15.2. The molecule has 0 unspecified atom stereocenters. The van der Waals surface area contributed by atoms with E-state index in [-0.39, 0.29) is 5.91 Å². The van der Waals surface area contributed by atoms with E-state index in [4.69, 9.17) is 0 Å². The molecular formula is C17H27N3O. The Hall–Kier alpha value is -1.39. The molecule has 1 saturated heterocycles. The Balaban J connectivity index is 1.72. The molecule has 0 atom stereocenters. The lowest BCUT2D eigenvalue weighted by Gasteiger charge is -2.35. The number of amides is 1. The van der Waals surface area contributed by atoms with E-state index in [2.05, 4.69) is 41.0 Å². The van der Waals surface area contributed by atoms with Crippen molar-refractivity contribution in [2.45, 2.75) is 20.4 Å². The average molecular weight is 289 g/mol.